The van der Waals surface area contributed by atoms with Crippen LogP contribution < -0.4 is 4.74 Å². The summed E-state index contributed by atoms with van der Waals surface area (Å²) >= 11 is 5.39. The molecule has 4 nitrogen and oxygen atoms in total. The van der Waals surface area contributed by atoms with Crippen LogP contribution in [-0.2, 0) is 6.42 Å². The first-order valence-corrected chi connectivity index (χ1v) is 6.89. The zero-order valence-corrected chi connectivity index (χ0v) is 12.2. The average Bonchev–Trinajstić information content (AvgIpc) is 2.91. The minimum absolute atomic E-state index is 0.730. The van der Waals surface area contributed by atoms with Crippen LogP contribution in [0.4, 0.5) is 0 Å². The summed E-state index contributed by atoms with van der Waals surface area (Å²) in [5, 5.41) is 3.28. The molecule has 2 heterocycles. The van der Waals surface area contributed by atoms with Crippen molar-refractivity contribution in [3.8, 4) is 17.0 Å². The Kier molecular flexibility index (Phi) is 3.28. The van der Waals surface area contributed by atoms with E-state index in [2.05, 4.69) is 17.0 Å². The first kappa shape index (κ1) is 12.9. The van der Waals surface area contributed by atoms with E-state index in [1.165, 1.54) is 0 Å². The van der Waals surface area contributed by atoms with E-state index in [1.807, 2.05) is 40.9 Å². The van der Waals surface area contributed by atoms with E-state index in [0.717, 1.165) is 39.4 Å². The third kappa shape index (κ3) is 2.10. The largest absolute Gasteiger partial charge is 0.496 e. The predicted octanol–water partition coefficient (Wildman–Crippen LogP) is 3.63. The van der Waals surface area contributed by atoms with Crippen LogP contribution in [0.25, 0.3) is 16.9 Å². The first-order valence-electron chi connectivity index (χ1n) is 6.48. The third-order valence-corrected chi connectivity index (χ3v) is 3.56. The second-order valence-electron chi connectivity index (χ2n) is 4.50. The molecule has 0 saturated carbocycles. The molecule has 0 aliphatic heterocycles. The van der Waals surface area contributed by atoms with Crippen LogP contribution >= 0.6 is 12.2 Å². The van der Waals surface area contributed by atoms with Gasteiger partial charge in [0.15, 0.2) is 5.65 Å². The number of hydrogen-bond acceptors (Lipinski definition) is 3. The monoisotopic (exact) mass is 285 g/mol. The van der Waals surface area contributed by atoms with Crippen molar-refractivity contribution in [1.29, 1.82) is 0 Å². The Balaban J connectivity index is 2.23. The molecule has 0 bridgehead atoms. The summed E-state index contributed by atoms with van der Waals surface area (Å²) in [6, 6.07) is 11.8. The van der Waals surface area contributed by atoms with Crippen molar-refractivity contribution in [2.75, 3.05) is 7.11 Å². The Morgan fingerprint density at radius 3 is 2.85 bits per heavy atom. The summed E-state index contributed by atoms with van der Waals surface area (Å²) in [6.07, 6.45) is 0.870. The number of benzene rings is 1. The molecule has 0 amide bonds. The number of H-pyrrole nitrogens is 1. The van der Waals surface area contributed by atoms with Crippen molar-refractivity contribution in [2.24, 2.45) is 0 Å². The Hall–Kier alpha value is -2.14. The number of aromatic amines is 1. The van der Waals surface area contributed by atoms with E-state index in [9.17, 15) is 0 Å². The molecule has 0 saturated heterocycles. The fraction of sp³-hybridized carbons (Fsp3) is 0.200. The lowest BCUT2D eigenvalue weighted by Crippen LogP contribution is -1.96. The van der Waals surface area contributed by atoms with Crippen LogP contribution in [0.1, 0.15) is 12.6 Å². The Labute approximate surface area is 122 Å². The van der Waals surface area contributed by atoms with Gasteiger partial charge in [-0.1, -0.05) is 31.3 Å². The number of rotatable bonds is 3. The number of nitrogens with zero attached hydrogens (tertiary/aromatic N) is 2. The molecule has 1 N–H and O–H groups in total. The summed E-state index contributed by atoms with van der Waals surface area (Å²) in [7, 11) is 1.67. The molecule has 0 aliphatic rings. The second-order valence-corrected chi connectivity index (χ2v) is 4.92. The van der Waals surface area contributed by atoms with Gasteiger partial charge in [-0.2, -0.15) is 0 Å². The van der Waals surface area contributed by atoms with E-state index in [-0.39, 0.29) is 0 Å². The van der Waals surface area contributed by atoms with Crippen molar-refractivity contribution >= 4 is 17.9 Å². The third-order valence-electron chi connectivity index (χ3n) is 3.26. The number of aromatic nitrogens is 3. The highest BCUT2D eigenvalue weighted by Gasteiger charge is 2.09. The number of methoxy groups -OCH3 is 1. The predicted molar refractivity (Wildman–Crippen MR) is 81.7 cm³/mol. The first-order chi connectivity index (χ1) is 9.72. The Morgan fingerprint density at radius 2 is 2.10 bits per heavy atom. The molecule has 5 heteroatoms. The fourth-order valence-corrected chi connectivity index (χ4v) is 2.50. The summed E-state index contributed by atoms with van der Waals surface area (Å²) in [4.78, 5) is 4.58. The molecule has 0 spiro atoms. The Morgan fingerprint density at radius 1 is 1.30 bits per heavy atom. The number of para-hydroxylation sites is 1. The van der Waals surface area contributed by atoms with Gasteiger partial charge in [0.2, 0.25) is 0 Å². The standard InChI is InChI=1S/C15H15N3OS/c1-3-10-8-15(20)18-14(16-10)9-12(17-18)11-6-4-5-7-13(11)19-2/h4-9,17H,3H2,1-2H3. The van der Waals surface area contributed by atoms with Crippen molar-refractivity contribution in [3.63, 3.8) is 0 Å². The minimum atomic E-state index is 0.730. The highest BCUT2D eigenvalue weighted by molar-refractivity contribution is 7.71. The van der Waals surface area contributed by atoms with Crippen LogP contribution in [0.2, 0.25) is 0 Å². The lowest BCUT2D eigenvalue weighted by Gasteiger charge is -2.05. The van der Waals surface area contributed by atoms with Gasteiger partial charge < -0.3 is 4.74 Å². The van der Waals surface area contributed by atoms with Crippen LogP contribution in [0, 0.1) is 4.64 Å². The highest BCUT2D eigenvalue weighted by atomic mass is 32.1. The average molecular weight is 285 g/mol. The molecule has 1 aromatic carbocycles. The van der Waals surface area contributed by atoms with E-state index in [0.29, 0.717) is 0 Å². The van der Waals surface area contributed by atoms with Crippen molar-refractivity contribution in [2.45, 2.75) is 13.3 Å². The summed E-state index contributed by atoms with van der Waals surface area (Å²) < 4.78 is 7.94. The van der Waals surface area contributed by atoms with Crippen LogP contribution in [0.5, 0.6) is 5.75 Å². The van der Waals surface area contributed by atoms with Crippen LogP contribution in [-0.4, -0.2) is 21.7 Å². The smallest absolute Gasteiger partial charge is 0.155 e. The quantitative estimate of drug-likeness (QED) is 0.747. The zero-order chi connectivity index (χ0) is 14.1. The van der Waals surface area contributed by atoms with Crippen molar-refractivity contribution in [1.82, 2.24) is 14.6 Å². The number of ether oxygens (including phenoxy) is 1. The maximum atomic E-state index is 5.40. The molecule has 3 rings (SSSR count). The SMILES string of the molecule is CCc1cc(=S)n2[nH]c(-c3ccccc3OC)cc2n1. The molecular weight excluding hydrogens is 270 g/mol. The van der Waals surface area contributed by atoms with Crippen molar-refractivity contribution < 1.29 is 4.74 Å². The molecule has 0 fully saturated rings. The van der Waals surface area contributed by atoms with Gasteiger partial charge in [0.1, 0.15) is 10.4 Å². The molecule has 102 valence electrons. The topological polar surface area (TPSA) is 42.3 Å². The lowest BCUT2D eigenvalue weighted by molar-refractivity contribution is 0.416. The van der Waals surface area contributed by atoms with E-state index >= 15 is 0 Å². The van der Waals surface area contributed by atoms with E-state index in [4.69, 9.17) is 17.0 Å². The van der Waals surface area contributed by atoms with Crippen LogP contribution in [0.15, 0.2) is 36.4 Å². The summed E-state index contributed by atoms with van der Waals surface area (Å²) in [6.45, 7) is 2.07. The number of nitrogens with one attached hydrogen (secondary N) is 1. The molecular formula is C15H15N3OS. The number of hydrogen-bond donors (Lipinski definition) is 1. The summed E-state index contributed by atoms with van der Waals surface area (Å²) in [5.41, 5.74) is 3.76. The minimum Gasteiger partial charge on any atom is -0.496 e. The molecule has 20 heavy (non-hydrogen) atoms. The molecule has 0 aliphatic carbocycles. The van der Waals surface area contributed by atoms with Gasteiger partial charge in [-0.25, -0.2) is 9.50 Å². The Bertz CT molecular complexity index is 819. The van der Waals surface area contributed by atoms with Gasteiger partial charge in [0.05, 0.1) is 12.8 Å². The molecule has 2 aromatic heterocycles. The van der Waals surface area contributed by atoms with Crippen LogP contribution in [0.3, 0.4) is 0 Å². The fourth-order valence-electron chi connectivity index (χ4n) is 2.23. The van der Waals surface area contributed by atoms with E-state index in [1.54, 1.807) is 7.11 Å². The molecule has 0 radical (unpaired) electrons. The number of fused-ring (bicyclic) bond motifs is 1. The maximum absolute atomic E-state index is 5.40. The van der Waals surface area contributed by atoms with Gasteiger partial charge in [0, 0.05) is 17.3 Å². The van der Waals surface area contributed by atoms with Crippen molar-refractivity contribution in [3.05, 3.63) is 46.7 Å². The normalized spacial score (nSPS) is 10.9. The van der Waals surface area contributed by atoms with Gasteiger partial charge in [0.25, 0.3) is 0 Å². The van der Waals surface area contributed by atoms with Gasteiger partial charge in [-0.3, -0.25) is 5.10 Å². The van der Waals surface area contributed by atoms with Gasteiger partial charge >= 0.3 is 0 Å². The molecule has 0 atom stereocenters. The van der Waals surface area contributed by atoms with Gasteiger partial charge in [-0.05, 0) is 24.6 Å². The molecule has 0 unspecified atom stereocenters. The van der Waals surface area contributed by atoms with E-state index < -0.39 is 0 Å². The maximum Gasteiger partial charge on any atom is 0.155 e. The molecule has 3 aromatic rings. The lowest BCUT2D eigenvalue weighted by atomic mass is 10.1. The number of aryl methyl sites for hydroxylation is 1. The second kappa shape index (κ2) is 5.09. The zero-order valence-electron chi connectivity index (χ0n) is 11.4. The summed E-state index contributed by atoms with van der Waals surface area (Å²) in [5.74, 6) is 0.821. The highest BCUT2D eigenvalue weighted by Crippen LogP contribution is 2.29. The van der Waals surface area contributed by atoms with Gasteiger partial charge in [-0.15, -0.1) is 0 Å².